The minimum absolute atomic E-state index is 0.220. The highest BCUT2D eigenvalue weighted by atomic mass is 16.5. The predicted octanol–water partition coefficient (Wildman–Crippen LogP) is 3.18. The Morgan fingerprint density at radius 2 is 2.05 bits per heavy atom. The molecule has 1 N–H and O–H groups in total. The Balaban J connectivity index is 1.76. The summed E-state index contributed by atoms with van der Waals surface area (Å²) in [5.41, 5.74) is 1.20. The molecule has 1 saturated carbocycles. The Morgan fingerprint density at radius 3 is 2.81 bits per heavy atom. The zero-order valence-electron chi connectivity index (χ0n) is 12.8. The summed E-state index contributed by atoms with van der Waals surface area (Å²) in [6.45, 7) is 2.09. The molecule has 1 fully saturated rings. The van der Waals surface area contributed by atoms with Gasteiger partial charge in [-0.05, 0) is 30.7 Å². The van der Waals surface area contributed by atoms with Gasteiger partial charge in [0.15, 0.2) is 0 Å². The van der Waals surface area contributed by atoms with E-state index in [-0.39, 0.29) is 12.0 Å². The molecule has 3 nitrogen and oxygen atoms in total. The van der Waals surface area contributed by atoms with Crippen molar-refractivity contribution in [2.24, 2.45) is 11.8 Å². The van der Waals surface area contributed by atoms with E-state index in [1.165, 1.54) is 5.56 Å². The SMILES string of the molecule is COCC/C=C/[C@H]1[C@H](COCc2ccccc2)CC[C@H]1O. The molecule has 1 aromatic carbocycles. The Bertz CT molecular complexity index is 416. The first-order valence-electron chi connectivity index (χ1n) is 7.76. The van der Waals surface area contributed by atoms with Gasteiger partial charge in [-0.2, -0.15) is 0 Å². The molecule has 1 aliphatic rings. The maximum atomic E-state index is 10.1. The minimum atomic E-state index is -0.228. The lowest BCUT2D eigenvalue weighted by Crippen LogP contribution is -2.20. The number of aliphatic hydroxyl groups is 1. The van der Waals surface area contributed by atoms with E-state index in [9.17, 15) is 5.11 Å². The Labute approximate surface area is 127 Å². The smallest absolute Gasteiger partial charge is 0.0717 e. The molecule has 21 heavy (non-hydrogen) atoms. The van der Waals surface area contributed by atoms with Crippen LogP contribution in [0.4, 0.5) is 0 Å². The van der Waals surface area contributed by atoms with Gasteiger partial charge in [-0.25, -0.2) is 0 Å². The fourth-order valence-electron chi connectivity index (χ4n) is 2.91. The van der Waals surface area contributed by atoms with Crippen LogP contribution in [0.5, 0.6) is 0 Å². The maximum absolute atomic E-state index is 10.1. The molecule has 0 aromatic heterocycles. The van der Waals surface area contributed by atoms with Gasteiger partial charge in [0.2, 0.25) is 0 Å². The van der Waals surface area contributed by atoms with Gasteiger partial charge >= 0.3 is 0 Å². The number of methoxy groups -OCH3 is 1. The van der Waals surface area contributed by atoms with Gasteiger partial charge in [-0.1, -0.05) is 42.5 Å². The number of rotatable bonds is 8. The predicted molar refractivity (Wildman–Crippen MR) is 84.0 cm³/mol. The molecule has 0 aliphatic heterocycles. The Hall–Kier alpha value is -1.16. The molecule has 0 saturated heterocycles. The summed E-state index contributed by atoms with van der Waals surface area (Å²) in [4.78, 5) is 0. The molecular weight excluding hydrogens is 264 g/mol. The average molecular weight is 290 g/mol. The summed E-state index contributed by atoms with van der Waals surface area (Å²) in [6, 6.07) is 10.2. The quantitative estimate of drug-likeness (QED) is 0.590. The fourth-order valence-corrected chi connectivity index (χ4v) is 2.91. The zero-order chi connectivity index (χ0) is 14.9. The van der Waals surface area contributed by atoms with E-state index in [1.807, 2.05) is 18.2 Å². The number of hydrogen-bond acceptors (Lipinski definition) is 3. The Kier molecular flexibility index (Phi) is 6.93. The van der Waals surface area contributed by atoms with Crippen molar-refractivity contribution in [2.45, 2.75) is 32.0 Å². The highest BCUT2D eigenvalue weighted by Gasteiger charge is 2.32. The van der Waals surface area contributed by atoms with E-state index in [2.05, 4.69) is 24.3 Å². The van der Waals surface area contributed by atoms with Gasteiger partial charge in [0.05, 0.1) is 19.3 Å². The highest BCUT2D eigenvalue weighted by Crippen LogP contribution is 2.33. The zero-order valence-corrected chi connectivity index (χ0v) is 12.8. The number of hydrogen-bond donors (Lipinski definition) is 1. The van der Waals surface area contributed by atoms with Crippen LogP contribution in [0.3, 0.4) is 0 Å². The molecular formula is C18H26O3. The summed E-state index contributed by atoms with van der Waals surface area (Å²) in [5.74, 6) is 0.639. The van der Waals surface area contributed by atoms with Crippen molar-refractivity contribution < 1.29 is 14.6 Å². The molecule has 1 aromatic rings. The third-order valence-electron chi connectivity index (χ3n) is 4.11. The molecule has 0 amide bonds. The maximum Gasteiger partial charge on any atom is 0.0717 e. The number of benzene rings is 1. The van der Waals surface area contributed by atoms with Gasteiger partial charge in [0.1, 0.15) is 0 Å². The lowest BCUT2D eigenvalue weighted by molar-refractivity contribution is 0.0644. The van der Waals surface area contributed by atoms with Gasteiger partial charge in [-0.15, -0.1) is 0 Å². The largest absolute Gasteiger partial charge is 0.393 e. The summed E-state index contributed by atoms with van der Waals surface area (Å²) < 4.78 is 10.9. The van der Waals surface area contributed by atoms with Crippen LogP contribution in [0.2, 0.25) is 0 Å². The van der Waals surface area contributed by atoms with E-state index in [0.29, 0.717) is 19.1 Å². The second-order valence-electron chi connectivity index (χ2n) is 5.69. The molecule has 0 spiro atoms. The Morgan fingerprint density at radius 1 is 1.24 bits per heavy atom. The van der Waals surface area contributed by atoms with E-state index in [1.54, 1.807) is 7.11 Å². The summed E-state index contributed by atoms with van der Waals surface area (Å²) >= 11 is 0. The molecule has 0 heterocycles. The fraction of sp³-hybridized carbons (Fsp3) is 0.556. The van der Waals surface area contributed by atoms with Crippen LogP contribution >= 0.6 is 0 Å². The summed E-state index contributed by atoms with van der Waals surface area (Å²) in [6.07, 6.45) is 6.85. The van der Waals surface area contributed by atoms with Gasteiger partial charge in [0.25, 0.3) is 0 Å². The van der Waals surface area contributed by atoms with Crippen molar-refractivity contribution in [3.05, 3.63) is 48.0 Å². The van der Waals surface area contributed by atoms with Crippen molar-refractivity contribution in [1.29, 1.82) is 0 Å². The molecule has 116 valence electrons. The minimum Gasteiger partial charge on any atom is -0.393 e. The van der Waals surface area contributed by atoms with Crippen molar-refractivity contribution in [2.75, 3.05) is 20.3 Å². The molecule has 2 rings (SSSR count). The molecule has 0 unspecified atom stereocenters. The van der Waals surface area contributed by atoms with Crippen LogP contribution in [-0.2, 0) is 16.1 Å². The molecule has 0 radical (unpaired) electrons. The van der Waals surface area contributed by atoms with Crippen LogP contribution in [0.1, 0.15) is 24.8 Å². The number of aliphatic hydroxyl groups excluding tert-OH is 1. The topological polar surface area (TPSA) is 38.7 Å². The van der Waals surface area contributed by atoms with Crippen molar-refractivity contribution in [3.8, 4) is 0 Å². The normalized spacial score (nSPS) is 25.7. The van der Waals surface area contributed by atoms with Crippen LogP contribution in [-0.4, -0.2) is 31.5 Å². The van der Waals surface area contributed by atoms with Gasteiger partial charge < -0.3 is 14.6 Å². The average Bonchev–Trinajstić information content (AvgIpc) is 2.86. The van der Waals surface area contributed by atoms with Gasteiger partial charge in [-0.3, -0.25) is 0 Å². The lowest BCUT2D eigenvalue weighted by atomic mass is 9.95. The van der Waals surface area contributed by atoms with Crippen molar-refractivity contribution in [3.63, 3.8) is 0 Å². The van der Waals surface area contributed by atoms with Crippen molar-refractivity contribution in [1.82, 2.24) is 0 Å². The van der Waals surface area contributed by atoms with E-state index < -0.39 is 0 Å². The van der Waals surface area contributed by atoms with E-state index in [4.69, 9.17) is 9.47 Å². The van der Waals surface area contributed by atoms with E-state index >= 15 is 0 Å². The summed E-state index contributed by atoms with van der Waals surface area (Å²) in [5, 5.41) is 10.1. The number of ether oxygens (including phenoxy) is 2. The molecule has 0 bridgehead atoms. The third kappa shape index (κ3) is 5.27. The first kappa shape index (κ1) is 16.2. The monoisotopic (exact) mass is 290 g/mol. The summed E-state index contributed by atoms with van der Waals surface area (Å²) in [7, 11) is 1.71. The van der Waals surface area contributed by atoms with Crippen molar-refractivity contribution >= 4 is 0 Å². The molecule has 3 heteroatoms. The molecule has 1 aliphatic carbocycles. The third-order valence-corrected chi connectivity index (χ3v) is 4.11. The van der Waals surface area contributed by atoms with Crippen LogP contribution in [0, 0.1) is 11.8 Å². The van der Waals surface area contributed by atoms with Crippen LogP contribution in [0.25, 0.3) is 0 Å². The molecule has 3 atom stereocenters. The first-order valence-corrected chi connectivity index (χ1v) is 7.76. The van der Waals surface area contributed by atoms with Crippen LogP contribution in [0.15, 0.2) is 42.5 Å². The standard InChI is InChI=1S/C18H26O3/c1-20-12-6-5-9-17-16(10-11-18(17)19)14-21-13-15-7-3-2-4-8-15/h2-5,7-9,16-19H,6,10-14H2,1H3/b9-5+/t16-,17-,18+/m0/s1. The van der Waals surface area contributed by atoms with Gasteiger partial charge in [0, 0.05) is 19.6 Å². The van der Waals surface area contributed by atoms with E-state index in [0.717, 1.165) is 25.9 Å². The first-order chi connectivity index (χ1) is 10.3. The second kappa shape index (κ2) is 8.98. The van der Waals surface area contributed by atoms with Crippen LogP contribution < -0.4 is 0 Å². The second-order valence-corrected chi connectivity index (χ2v) is 5.69. The lowest BCUT2D eigenvalue weighted by Gasteiger charge is -2.19. The highest BCUT2D eigenvalue weighted by molar-refractivity contribution is 5.13.